The number of hydrogen-bond acceptors (Lipinski definition) is 4. The Balaban J connectivity index is 1.59. The molecule has 3 rings (SSSR count). The molecule has 1 aliphatic rings. The maximum absolute atomic E-state index is 5.96. The zero-order valence-electron chi connectivity index (χ0n) is 12.7. The monoisotopic (exact) mass is 317 g/mol. The summed E-state index contributed by atoms with van der Waals surface area (Å²) in [5.41, 5.74) is 1.05. The topological polar surface area (TPSA) is 32.0 Å². The molecular weight excluding hydrogens is 298 g/mol. The first kappa shape index (κ1) is 15.1. The Bertz CT molecular complexity index is 628. The molecule has 0 unspecified atom stereocenters. The highest BCUT2D eigenvalue weighted by Gasteiger charge is 2.16. The molecule has 0 bridgehead atoms. The van der Waals surface area contributed by atoms with Crippen molar-refractivity contribution in [3.63, 3.8) is 0 Å². The summed E-state index contributed by atoms with van der Waals surface area (Å²) in [6.45, 7) is 6.75. The molecule has 0 spiro atoms. The molecule has 0 amide bonds. The van der Waals surface area contributed by atoms with Gasteiger partial charge in [0.2, 0.25) is 0 Å². The molecule has 0 N–H and O–H groups in total. The number of benzene rings is 1. The van der Waals surface area contributed by atoms with E-state index in [2.05, 4.69) is 21.1 Å². The molecule has 116 valence electrons. The predicted octanol–water partition coefficient (Wildman–Crippen LogP) is 3.72. The molecule has 0 radical (unpaired) electrons. The maximum atomic E-state index is 5.96. The van der Waals surface area contributed by atoms with Crippen LogP contribution >= 0.6 is 11.6 Å². The Morgan fingerprint density at radius 2 is 1.82 bits per heavy atom. The zero-order chi connectivity index (χ0) is 15.4. The van der Waals surface area contributed by atoms with Crippen LogP contribution in [0.25, 0.3) is 11.3 Å². The summed E-state index contributed by atoms with van der Waals surface area (Å²) in [6.07, 6.45) is 1.85. The van der Waals surface area contributed by atoms with Crippen molar-refractivity contribution in [2.75, 3.05) is 26.2 Å². The SMILES string of the molecule is C/C=N/N1CCN(Cc2ccc(-c3ccc(Cl)cc3)o2)CC1. The molecular formula is C17H20ClN3O. The number of hydrazone groups is 1. The molecule has 1 fully saturated rings. The Morgan fingerprint density at radius 1 is 1.09 bits per heavy atom. The van der Waals surface area contributed by atoms with Gasteiger partial charge in [-0.15, -0.1) is 0 Å². The van der Waals surface area contributed by atoms with E-state index < -0.39 is 0 Å². The third kappa shape index (κ3) is 3.70. The second kappa shape index (κ2) is 6.99. The minimum Gasteiger partial charge on any atom is -0.460 e. The lowest BCUT2D eigenvalue weighted by Gasteiger charge is -2.32. The fraction of sp³-hybridized carbons (Fsp3) is 0.353. The summed E-state index contributed by atoms with van der Waals surface area (Å²) in [6, 6.07) is 11.8. The minimum absolute atomic E-state index is 0.739. The van der Waals surface area contributed by atoms with E-state index in [9.17, 15) is 0 Å². The van der Waals surface area contributed by atoms with Crippen molar-refractivity contribution in [3.05, 3.63) is 47.2 Å². The number of hydrogen-bond donors (Lipinski definition) is 0. The van der Waals surface area contributed by atoms with Gasteiger partial charge in [-0.25, -0.2) is 0 Å². The summed E-state index contributed by atoms with van der Waals surface area (Å²) in [5, 5.41) is 7.17. The highest BCUT2D eigenvalue weighted by Crippen LogP contribution is 2.24. The van der Waals surface area contributed by atoms with Crippen LogP contribution < -0.4 is 0 Å². The van der Waals surface area contributed by atoms with E-state index >= 15 is 0 Å². The van der Waals surface area contributed by atoms with Crippen molar-refractivity contribution in [1.82, 2.24) is 9.91 Å². The second-order valence-electron chi connectivity index (χ2n) is 5.38. The number of piperazine rings is 1. The Morgan fingerprint density at radius 3 is 2.50 bits per heavy atom. The van der Waals surface area contributed by atoms with Crippen LogP contribution in [0.1, 0.15) is 12.7 Å². The van der Waals surface area contributed by atoms with Gasteiger partial charge < -0.3 is 4.42 Å². The third-order valence-corrected chi connectivity index (χ3v) is 4.05. The fourth-order valence-electron chi connectivity index (χ4n) is 2.63. The van der Waals surface area contributed by atoms with Gasteiger partial charge in [0.1, 0.15) is 11.5 Å². The first-order chi connectivity index (χ1) is 10.7. The smallest absolute Gasteiger partial charge is 0.134 e. The molecule has 1 saturated heterocycles. The molecule has 5 heteroatoms. The molecule has 0 atom stereocenters. The average molecular weight is 318 g/mol. The quantitative estimate of drug-likeness (QED) is 0.805. The van der Waals surface area contributed by atoms with Crippen LogP contribution in [0.15, 0.2) is 45.9 Å². The fourth-order valence-corrected chi connectivity index (χ4v) is 2.75. The Kier molecular flexibility index (Phi) is 4.80. The normalized spacial score (nSPS) is 16.5. The van der Waals surface area contributed by atoms with E-state index in [1.165, 1.54) is 0 Å². The Hall–Kier alpha value is -1.78. The molecule has 0 aliphatic carbocycles. The molecule has 1 aromatic heterocycles. The molecule has 4 nitrogen and oxygen atoms in total. The number of nitrogens with zero attached hydrogens (tertiary/aromatic N) is 3. The van der Waals surface area contributed by atoms with Crippen molar-refractivity contribution >= 4 is 17.8 Å². The third-order valence-electron chi connectivity index (χ3n) is 3.80. The van der Waals surface area contributed by atoms with Crippen molar-refractivity contribution < 1.29 is 4.42 Å². The van der Waals surface area contributed by atoms with E-state index in [0.29, 0.717) is 0 Å². The van der Waals surface area contributed by atoms with Crippen LogP contribution in [0.3, 0.4) is 0 Å². The van der Waals surface area contributed by atoms with Gasteiger partial charge in [-0.3, -0.25) is 9.91 Å². The van der Waals surface area contributed by atoms with Crippen LogP contribution in [0.4, 0.5) is 0 Å². The predicted molar refractivity (Wildman–Crippen MR) is 90.2 cm³/mol. The van der Waals surface area contributed by atoms with E-state index in [4.69, 9.17) is 16.0 Å². The molecule has 2 aromatic rings. The van der Waals surface area contributed by atoms with Gasteiger partial charge in [-0.2, -0.15) is 5.10 Å². The zero-order valence-corrected chi connectivity index (χ0v) is 13.5. The molecule has 0 saturated carbocycles. The van der Waals surface area contributed by atoms with Gasteiger partial charge >= 0.3 is 0 Å². The summed E-state index contributed by atoms with van der Waals surface area (Å²) in [7, 11) is 0. The van der Waals surface area contributed by atoms with Gasteiger partial charge in [0.05, 0.1) is 6.54 Å². The van der Waals surface area contributed by atoms with Gasteiger partial charge in [-0.1, -0.05) is 11.6 Å². The summed E-state index contributed by atoms with van der Waals surface area (Å²) >= 11 is 5.92. The molecule has 22 heavy (non-hydrogen) atoms. The van der Waals surface area contributed by atoms with E-state index in [1.807, 2.05) is 43.5 Å². The first-order valence-electron chi connectivity index (χ1n) is 7.55. The molecule has 2 heterocycles. The van der Waals surface area contributed by atoms with E-state index in [1.54, 1.807) is 0 Å². The van der Waals surface area contributed by atoms with Gasteiger partial charge in [-0.05, 0) is 43.3 Å². The first-order valence-corrected chi connectivity index (χ1v) is 7.93. The summed E-state index contributed by atoms with van der Waals surface area (Å²) in [5.74, 6) is 1.89. The highest BCUT2D eigenvalue weighted by molar-refractivity contribution is 6.30. The Labute approximate surface area is 136 Å². The van der Waals surface area contributed by atoms with Crippen LogP contribution in [0, 0.1) is 0 Å². The van der Waals surface area contributed by atoms with Crippen LogP contribution in [0.2, 0.25) is 5.02 Å². The number of rotatable bonds is 4. The number of furan rings is 1. The highest BCUT2D eigenvalue weighted by atomic mass is 35.5. The summed E-state index contributed by atoms with van der Waals surface area (Å²) < 4.78 is 5.96. The van der Waals surface area contributed by atoms with Crippen molar-refractivity contribution in [2.24, 2.45) is 5.10 Å². The van der Waals surface area contributed by atoms with Crippen molar-refractivity contribution in [3.8, 4) is 11.3 Å². The maximum Gasteiger partial charge on any atom is 0.134 e. The lowest BCUT2D eigenvalue weighted by molar-refractivity contribution is 0.125. The lowest BCUT2D eigenvalue weighted by atomic mass is 10.2. The van der Waals surface area contributed by atoms with Gasteiger partial charge in [0.25, 0.3) is 0 Å². The van der Waals surface area contributed by atoms with E-state index in [0.717, 1.165) is 54.8 Å². The standard InChI is InChI=1S/C17H20ClN3O/c1-2-19-21-11-9-20(10-12-21)13-16-7-8-17(22-16)14-3-5-15(18)6-4-14/h2-8H,9-13H2,1H3/b19-2+. The van der Waals surface area contributed by atoms with Crippen molar-refractivity contribution in [1.29, 1.82) is 0 Å². The number of halogens is 1. The second-order valence-corrected chi connectivity index (χ2v) is 5.81. The summed E-state index contributed by atoms with van der Waals surface area (Å²) in [4.78, 5) is 2.39. The minimum atomic E-state index is 0.739. The van der Waals surface area contributed by atoms with Crippen molar-refractivity contribution in [2.45, 2.75) is 13.5 Å². The lowest BCUT2D eigenvalue weighted by Crippen LogP contribution is -2.43. The van der Waals surface area contributed by atoms with Crippen LogP contribution in [-0.2, 0) is 6.54 Å². The largest absolute Gasteiger partial charge is 0.460 e. The van der Waals surface area contributed by atoms with Gasteiger partial charge in [0, 0.05) is 43.0 Å². The average Bonchev–Trinajstić information content (AvgIpc) is 2.99. The van der Waals surface area contributed by atoms with Crippen LogP contribution in [-0.4, -0.2) is 42.3 Å². The molecule has 1 aromatic carbocycles. The van der Waals surface area contributed by atoms with Gasteiger partial charge in [0.15, 0.2) is 0 Å². The molecule has 1 aliphatic heterocycles. The van der Waals surface area contributed by atoms with Crippen LogP contribution in [0.5, 0.6) is 0 Å². The van der Waals surface area contributed by atoms with E-state index in [-0.39, 0.29) is 0 Å².